The van der Waals surface area contributed by atoms with Crippen LogP contribution in [-0.4, -0.2) is 31.8 Å². The monoisotopic (exact) mass is 317 g/mol. The first-order valence-corrected chi connectivity index (χ1v) is 7.39. The molecule has 3 N–H and O–H groups in total. The minimum absolute atomic E-state index is 0.332. The fourth-order valence-electron chi connectivity index (χ4n) is 1.95. The Kier molecular flexibility index (Phi) is 4.24. The summed E-state index contributed by atoms with van der Waals surface area (Å²) in [5, 5.41) is 9.33. The topological polar surface area (TPSA) is 107 Å². The highest BCUT2D eigenvalue weighted by Crippen LogP contribution is 2.43. The SMILES string of the molecule is CCC(C)(C(=O)O)C1OC(n2cc(F)c(N)nc2=O)CS1. The van der Waals surface area contributed by atoms with Gasteiger partial charge in [0, 0.05) is 5.75 Å². The molecule has 0 aliphatic carbocycles. The van der Waals surface area contributed by atoms with Gasteiger partial charge in [0.05, 0.1) is 6.20 Å². The zero-order valence-corrected chi connectivity index (χ0v) is 12.4. The first kappa shape index (κ1) is 15.8. The predicted molar refractivity (Wildman–Crippen MR) is 75.3 cm³/mol. The standard InChI is InChI=1S/C12H16FN3O4S/c1-3-12(2,9(17)18)10-20-7(5-21-10)16-4-6(13)8(14)15-11(16)19/h4,7,10H,3,5H2,1-2H3,(H,17,18)(H2,14,15,19). The molecule has 1 aliphatic heterocycles. The van der Waals surface area contributed by atoms with Gasteiger partial charge in [-0.2, -0.15) is 4.98 Å². The van der Waals surface area contributed by atoms with Gasteiger partial charge in [0.25, 0.3) is 0 Å². The number of hydrogen-bond acceptors (Lipinski definition) is 6. The second-order valence-corrected chi connectivity index (χ2v) is 6.09. The maximum Gasteiger partial charge on any atom is 0.351 e. The van der Waals surface area contributed by atoms with Crippen molar-refractivity contribution in [2.75, 3.05) is 11.5 Å². The van der Waals surface area contributed by atoms with Crippen molar-refractivity contribution in [1.82, 2.24) is 9.55 Å². The third kappa shape index (κ3) is 2.75. The van der Waals surface area contributed by atoms with E-state index in [0.717, 1.165) is 10.8 Å². The fraction of sp³-hybridized carbons (Fsp3) is 0.583. The molecule has 0 spiro atoms. The molecule has 1 aliphatic rings. The maximum atomic E-state index is 13.4. The van der Waals surface area contributed by atoms with Crippen molar-refractivity contribution in [3.05, 3.63) is 22.5 Å². The second kappa shape index (κ2) is 5.64. The number of hydrogen-bond donors (Lipinski definition) is 2. The summed E-state index contributed by atoms with van der Waals surface area (Å²) < 4.78 is 20.1. The van der Waals surface area contributed by atoms with Crippen LogP contribution in [-0.2, 0) is 9.53 Å². The number of aliphatic carboxylic acids is 1. The fourth-order valence-corrected chi connectivity index (χ4v) is 3.37. The molecule has 2 heterocycles. The van der Waals surface area contributed by atoms with Crippen molar-refractivity contribution in [1.29, 1.82) is 0 Å². The summed E-state index contributed by atoms with van der Waals surface area (Å²) in [6.45, 7) is 3.34. The van der Waals surface area contributed by atoms with Gasteiger partial charge < -0.3 is 15.6 Å². The quantitative estimate of drug-likeness (QED) is 0.854. The van der Waals surface area contributed by atoms with Crippen molar-refractivity contribution < 1.29 is 19.0 Å². The van der Waals surface area contributed by atoms with Crippen LogP contribution in [0.25, 0.3) is 0 Å². The van der Waals surface area contributed by atoms with Gasteiger partial charge in [-0.3, -0.25) is 9.36 Å². The molecule has 116 valence electrons. The van der Waals surface area contributed by atoms with E-state index in [2.05, 4.69) is 4.98 Å². The number of carboxylic acids is 1. The molecule has 7 nitrogen and oxygen atoms in total. The summed E-state index contributed by atoms with van der Waals surface area (Å²) in [7, 11) is 0. The number of thioether (sulfide) groups is 1. The van der Waals surface area contributed by atoms with Gasteiger partial charge in [0.1, 0.15) is 17.1 Å². The molecule has 0 bridgehead atoms. The number of carbonyl (C=O) groups is 1. The van der Waals surface area contributed by atoms with E-state index < -0.39 is 40.4 Å². The van der Waals surface area contributed by atoms with E-state index in [1.54, 1.807) is 13.8 Å². The van der Waals surface area contributed by atoms with Crippen LogP contribution in [0.4, 0.5) is 10.2 Å². The van der Waals surface area contributed by atoms with Crippen LogP contribution in [0.3, 0.4) is 0 Å². The van der Waals surface area contributed by atoms with Crippen LogP contribution in [0.15, 0.2) is 11.0 Å². The number of ether oxygens (including phenoxy) is 1. The van der Waals surface area contributed by atoms with Gasteiger partial charge in [0.2, 0.25) is 0 Å². The first-order chi connectivity index (χ1) is 9.79. The smallest absolute Gasteiger partial charge is 0.351 e. The Morgan fingerprint density at radius 1 is 1.76 bits per heavy atom. The molecule has 1 aromatic rings. The molecule has 0 amide bonds. The molecule has 1 fully saturated rings. The number of aromatic nitrogens is 2. The molecular formula is C12H16FN3O4S. The number of carboxylic acid groups (broad SMARTS) is 1. The van der Waals surface area contributed by atoms with Crippen LogP contribution in [0.1, 0.15) is 26.5 Å². The van der Waals surface area contributed by atoms with E-state index in [0.29, 0.717) is 12.2 Å². The highest BCUT2D eigenvalue weighted by molar-refractivity contribution is 8.00. The summed E-state index contributed by atoms with van der Waals surface area (Å²) in [4.78, 5) is 26.5. The van der Waals surface area contributed by atoms with Crippen LogP contribution >= 0.6 is 11.8 Å². The lowest BCUT2D eigenvalue weighted by Gasteiger charge is -2.29. The molecule has 2 rings (SSSR count). The minimum atomic E-state index is -1.08. The average molecular weight is 317 g/mol. The Balaban J connectivity index is 2.26. The van der Waals surface area contributed by atoms with Crippen molar-refractivity contribution in [2.24, 2.45) is 5.41 Å². The number of anilines is 1. The third-order valence-electron chi connectivity index (χ3n) is 3.66. The van der Waals surface area contributed by atoms with Crippen LogP contribution < -0.4 is 11.4 Å². The van der Waals surface area contributed by atoms with Gasteiger partial charge in [-0.1, -0.05) is 6.92 Å². The summed E-state index contributed by atoms with van der Waals surface area (Å²) >= 11 is 1.28. The van der Waals surface area contributed by atoms with Gasteiger partial charge in [0.15, 0.2) is 11.6 Å². The Morgan fingerprint density at radius 2 is 2.43 bits per heavy atom. The van der Waals surface area contributed by atoms with Crippen LogP contribution in [0.5, 0.6) is 0 Å². The highest BCUT2D eigenvalue weighted by Gasteiger charge is 2.46. The Morgan fingerprint density at radius 3 is 3.00 bits per heavy atom. The summed E-state index contributed by atoms with van der Waals surface area (Å²) in [5.41, 5.74) is 2.79. The largest absolute Gasteiger partial charge is 0.481 e. The predicted octanol–water partition coefficient (Wildman–Crippen LogP) is 1.05. The molecule has 3 unspecified atom stereocenters. The van der Waals surface area contributed by atoms with E-state index in [9.17, 15) is 19.1 Å². The van der Waals surface area contributed by atoms with Gasteiger partial charge in [-0.05, 0) is 13.3 Å². The van der Waals surface area contributed by atoms with Gasteiger partial charge in [-0.15, -0.1) is 11.8 Å². The summed E-state index contributed by atoms with van der Waals surface area (Å²) in [6.07, 6.45) is 0.540. The van der Waals surface area contributed by atoms with E-state index in [-0.39, 0.29) is 0 Å². The molecule has 1 aromatic heterocycles. The number of nitrogens with zero attached hydrogens (tertiary/aromatic N) is 2. The number of halogens is 1. The summed E-state index contributed by atoms with van der Waals surface area (Å²) in [6, 6.07) is 0. The zero-order chi connectivity index (χ0) is 15.8. The second-order valence-electron chi connectivity index (χ2n) is 5.00. The Labute approximate surface area is 124 Å². The molecule has 9 heteroatoms. The maximum absolute atomic E-state index is 13.4. The molecule has 1 saturated heterocycles. The highest BCUT2D eigenvalue weighted by atomic mass is 32.2. The number of nitrogens with two attached hydrogens (primary N) is 1. The first-order valence-electron chi connectivity index (χ1n) is 6.34. The molecule has 0 aromatic carbocycles. The van der Waals surface area contributed by atoms with E-state index in [4.69, 9.17) is 10.5 Å². The van der Waals surface area contributed by atoms with Crippen molar-refractivity contribution in [2.45, 2.75) is 31.9 Å². The molecule has 3 atom stereocenters. The summed E-state index contributed by atoms with van der Waals surface area (Å²) in [5.74, 6) is -1.93. The average Bonchev–Trinajstić information content (AvgIpc) is 2.91. The normalized spacial score (nSPS) is 24.7. The number of rotatable bonds is 4. The number of nitrogen functional groups attached to an aromatic ring is 1. The lowest BCUT2D eigenvalue weighted by atomic mass is 9.88. The van der Waals surface area contributed by atoms with E-state index in [1.807, 2.05) is 0 Å². The zero-order valence-electron chi connectivity index (χ0n) is 11.6. The molecule has 0 saturated carbocycles. The van der Waals surface area contributed by atoms with Crippen molar-refractivity contribution in [3.63, 3.8) is 0 Å². The lowest BCUT2D eigenvalue weighted by molar-refractivity contribution is -0.156. The van der Waals surface area contributed by atoms with Crippen molar-refractivity contribution in [3.8, 4) is 0 Å². The van der Waals surface area contributed by atoms with Gasteiger partial charge in [-0.25, -0.2) is 9.18 Å². The van der Waals surface area contributed by atoms with E-state index >= 15 is 0 Å². The Bertz CT molecular complexity index is 623. The van der Waals surface area contributed by atoms with Crippen LogP contribution in [0, 0.1) is 11.2 Å². The third-order valence-corrected chi connectivity index (χ3v) is 5.07. The molecular weight excluding hydrogens is 301 g/mol. The lowest BCUT2D eigenvalue weighted by Crippen LogP contribution is -2.38. The minimum Gasteiger partial charge on any atom is -0.481 e. The van der Waals surface area contributed by atoms with Crippen molar-refractivity contribution >= 4 is 23.5 Å². The van der Waals surface area contributed by atoms with Gasteiger partial charge >= 0.3 is 11.7 Å². The Hall–Kier alpha value is -1.61. The van der Waals surface area contributed by atoms with Crippen LogP contribution in [0.2, 0.25) is 0 Å². The van der Waals surface area contributed by atoms with E-state index in [1.165, 1.54) is 11.8 Å². The molecule has 0 radical (unpaired) electrons. The molecule has 21 heavy (non-hydrogen) atoms.